The van der Waals surface area contributed by atoms with Gasteiger partial charge in [-0.2, -0.15) is 4.98 Å². The molecule has 1 fully saturated rings. The Hall–Kier alpha value is -2.04. The normalized spacial score (nSPS) is 22.3. The van der Waals surface area contributed by atoms with Gasteiger partial charge >= 0.3 is 0 Å². The second-order valence-corrected chi connectivity index (χ2v) is 5.69. The zero-order chi connectivity index (χ0) is 14.8. The summed E-state index contributed by atoms with van der Waals surface area (Å²) >= 11 is 0. The molecule has 5 nitrogen and oxygen atoms in total. The largest absolute Gasteiger partial charge is 0.481 e. The van der Waals surface area contributed by atoms with E-state index in [-0.39, 0.29) is 6.04 Å². The number of anilines is 1. The summed E-state index contributed by atoms with van der Waals surface area (Å²) in [5.74, 6) is 3.90. The van der Waals surface area contributed by atoms with E-state index in [2.05, 4.69) is 27.9 Å². The SMILES string of the molecule is COc1ccnc(N2CCC(C)CC2c2ccc(C)o2)n1. The predicted molar refractivity (Wildman–Crippen MR) is 80.5 cm³/mol. The Morgan fingerprint density at radius 3 is 2.90 bits per heavy atom. The van der Waals surface area contributed by atoms with Crippen molar-refractivity contribution in [1.82, 2.24) is 9.97 Å². The minimum Gasteiger partial charge on any atom is -0.481 e. The van der Waals surface area contributed by atoms with Crippen molar-refractivity contribution in [2.24, 2.45) is 5.92 Å². The van der Waals surface area contributed by atoms with Gasteiger partial charge in [-0.15, -0.1) is 0 Å². The summed E-state index contributed by atoms with van der Waals surface area (Å²) in [6.07, 6.45) is 3.92. The molecule has 0 spiro atoms. The fourth-order valence-corrected chi connectivity index (χ4v) is 2.87. The number of hydrogen-bond donors (Lipinski definition) is 0. The van der Waals surface area contributed by atoms with Gasteiger partial charge in [0.25, 0.3) is 0 Å². The van der Waals surface area contributed by atoms with Crippen LogP contribution in [0.1, 0.15) is 37.3 Å². The number of rotatable bonds is 3. The minimum absolute atomic E-state index is 0.189. The molecule has 0 aliphatic carbocycles. The van der Waals surface area contributed by atoms with Crippen LogP contribution in [0.4, 0.5) is 5.95 Å². The first-order valence-corrected chi connectivity index (χ1v) is 7.37. The molecule has 2 unspecified atom stereocenters. The van der Waals surface area contributed by atoms with Gasteiger partial charge in [-0.3, -0.25) is 0 Å². The van der Waals surface area contributed by atoms with E-state index in [1.165, 1.54) is 0 Å². The second-order valence-electron chi connectivity index (χ2n) is 5.69. The third-order valence-electron chi connectivity index (χ3n) is 4.04. The zero-order valence-electron chi connectivity index (χ0n) is 12.7. The molecule has 0 aromatic carbocycles. The average Bonchev–Trinajstić information content (AvgIpc) is 2.94. The maximum atomic E-state index is 5.85. The Balaban J connectivity index is 1.93. The van der Waals surface area contributed by atoms with Crippen LogP contribution in [0.3, 0.4) is 0 Å². The van der Waals surface area contributed by atoms with E-state index in [4.69, 9.17) is 9.15 Å². The molecule has 0 saturated carbocycles. The number of aromatic nitrogens is 2. The van der Waals surface area contributed by atoms with Crippen molar-refractivity contribution in [1.29, 1.82) is 0 Å². The number of aryl methyl sites for hydroxylation is 1. The average molecular weight is 287 g/mol. The van der Waals surface area contributed by atoms with Gasteiger partial charge in [0.15, 0.2) is 0 Å². The number of piperidine rings is 1. The Morgan fingerprint density at radius 1 is 1.33 bits per heavy atom. The molecule has 3 rings (SSSR count). The van der Waals surface area contributed by atoms with Gasteiger partial charge in [0.05, 0.1) is 13.2 Å². The Morgan fingerprint density at radius 2 is 2.19 bits per heavy atom. The monoisotopic (exact) mass is 287 g/mol. The van der Waals surface area contributed by atoms with E-state index in [1.54, 1.807) is 19.4 Å². The van der Waals surface area contributed by atoms with Crippen LogP contribution in [0.15, 0.2) is 28.8 Å². The lowest BCUT2D eigenvalue weighted by Gasteiger charge is -2.37. The third kappa shape index (κ3) is 2.86. The van der Waals surface area contributed by atoms with Gasteiger partial charge in [0.1, 0.15) is 11.5 Å². The van der Waals surface area contributed by atoms with E-state index < -0.39 is 0 Å². The first-order chi connectivity index (χ1) is 10.2. The summed E-state index contributed by atoms with van der Waals surface area (Å²) in [6.45, 7) is 5.19. The van der Waals surface area contributed by atoms with Crippen LogP contribution < -0.4 is 9.64 Å². The van der Waals surface area contributed by atoms with Crippen molar-refractivity contribution in [2.75, 3.05) is 18.6 Å². The van der Waals surface area contributed by atoms with E-state index in [0.717, 1.165) is 30.9 Å². The molecule has 2 aromatic heterocycles. The summed E-state index contributed by atoms with van der Waals surface area (Å²) in [7, 11) is 1.62. The molecule has 3 heterocycles. The minimum atomic E-state index is 0.189. The van der Waals surface area contributed by atoms with Crippen LogP contribution >= 0.6 is 0 Å². The van der Waals surface area contributed by atoms with E-state index in [9.17, 15) is 0 Å². The number of methoxy groups -OCH3 is 1. The van der Waals surface area contributed by atoms with Crippen LogP contribution in [-0.2, 0) is 0 Å². The van der Waals surface area contributed by atoms with Crippen molar-refractivity contribution in [2.45, 2.75) is 32.7 Å². The Labute approximate surface area is 125 Å². The lowest BCUT2D eigenvalue weighted by atomic mass is 9.91. The van der Waals surface area contributed by atoms with Crippen LogP contribution in [0.25, 0.3) is 0 Å². The quantitative estimate of drug-likeness (QED) is 0.866. The van der Waals surface area contributed by atoms with E-state index in [0.29, 0.717) is 17.7 Å². The van der Waals surface area contributed by atoms with Crippen molar-refractivity contribution in [3.05, 3.63) is 35.9 Å². The van der Waals surface area contributed by atoms with Crippen LogP contribution in [0.5, 0.6) is 5.88 Å². The number of furan rings is 1. The van der Waals surface area contributed by atoms with Crippen molar-refractivity contribution < 1.29 is 9.15 Å². The van der Waals surface area contributed by atoms with Crippen LogP contribution in [-0.4, -0.2) is 23.6 Å². The lowest BCUT2D eigenvalue weighted by Crippen LogP contribution is -2.37. The first kappa shape index (κ1) is 13.9. The molecule has 112 valence electrons. The molecule has 2 atom stereocenters. The Bertz CT molecular complexity index is 611. The standard InChI is InChI=1S/C16H21N3O2/c1-11-7-9-19(16-17-8-6-15(18-16)20-3)13(10-11)14-5-4-12(2)21-14/h4-6,8,11,13H,7,9-10H2,1-3H3. The Kier molecular flexibility index (Phi) is 3.82. The summed E-state index contributed by atoms with van der Waals surface area (Å²) in [5, 5.41) is 0. The molecule has 0 amide bonds. The molecule has 1 aliphatic heterocycles. The maximum Gasteiger partial charge on any atom is 0.229 e. The molecule has 0 N–H and O–H groups in total. The third-order valence-corrected chi connectivity index (χ3v) is 4.04. The van der Waals surface area contributed by atoms with Crippen molar-refractivity contribution in [3.8, 4) is 5.88 Å². The fraction of sp³-hybridized carbons (Fsp3) is 0.500. The van der Waals surface area contributed by atoms with E-state index in [1.807, 2.05) is 13.0 Å². The topological polar surface area (TPSA) is 51.4 Å². The molecule has 5 heteroatoms. The molecule has 1 saturated heterocycles. The summed E-state index contributed by atoms with van der Waals surface area (Å²) < 4.78 is 11.1. The van der Waals surface area contributed by atoms with Crippen molar-refractivity contribution >= 4 is 5.95 Å². The zero-order valence-corrected chi connectivity index (χ0v) is 12.7. The maximum absolute atomic E-state index is 5.85. The smallest absolute Gasteiger partial charge is 0.229 e. The molecule has 2 aromatic rings. The fourth-order valence-electron chi connectivity index (χ4n) is 2.87. The molecular weight excluding hydrogens is 266 g/mol. The van der Waals surface area contributed by atoms with E-state index >= 15 is 0 Å². The predicted octanol–water partition coefficient (Wildman–Crippen LogP) is 3.36. The molecular formula is C16H21N3O2. The summed E-state index contributed by atoms with van der Waals surface area (Å²) in [4.78, 5) is 11.1. The highest BCUT2D eigenvalue weighted by molar-refractivity contribution is 5.37. The number of hydrogen-bond acceptors (Lipinski definition) is 5. The van der Waals surface area contributed by atoms with Gasteiger partial charge in [0, 0.05) is 18.8 Å². The van der Waals surface area contributed by atoms with Gasteiger partial charge in [-0.1, -0.05) is 6.92 Å². The summed E-state index contributed by atoms with van der Waals surface area (Å²) in [6, 6.07) is 6.03. The highest BCUT2D eigenvalue weighted by Crippen LogP contribution is 2.36. The van der Waals surface area contributed by atoms with Crippen LogP contribution in [0.2, 0.25) is 0 Å². The highest BCUT2D eigenvalue weighted by Gasteiger charge is 2.31. The van der Waals surface area contributed by atoms with Crippen LogP contribution in [0, 0.1) is 12.8 Å². The number of nitrogens with zero attached hydrogens (tertiary/aromatic N) is 3. The van der Waals surface area contributed by atoms with Gasteiger partial charge in [-0.05, 0) is 37.8 Å². The lowest BCUT2D eigenvalue weighted by molar-refractivity contribution is 0.319. The molecule has 21 heavy (non-hydrogen) atoms. The summed E-state index contributed by atoms with van der Waals surface area (Å²) in [5.41, 5.74) is 0. The molecule has 1 aliphatic rings. The molecule has 0 radical (unpaired) electrons. The van der Waals surface area contributed by atoms with Crippen molar-refractivity contribution in [3.63, 3.8) is 0 Å². The first-order valence-electron chi connectivity index (χ1n) is 7.37. The van der Waals surface area contributed by atoms with Gasteiger partial charge < -0.3 is 14.1 Å². The highest BCUT2D eigenvalue weighted by atomic mass is 16.5. The second kappa shape index (κ2) is 5.76. The van der Waals surface area contributed by atoms with Gasteiger partial charge in [0.2, 0.25) is 11.8 Å². The molecule has 0 bridgehead atoms. The van der Waals surface area contributed by atoms with Gasteiger partial charge in [-0.25, -0.2) is 4.98 Å². The number of ether oxygens (including phenoxy) is 1.